The van der Waals surface area contributed by atoms with Crippen molar-refractivity contribution in [3.8, 4) is 5.69 Å². The molecule has 0 saturated heterocycles. The van der Waals surface area contributed by atoms with Gasteiger partial charge in [-0.15, -0.1) is 0 Å². The van der Waals surface area contributed by atoms with E-state index in [1.807, 2.05) is 6.08 Å². The molecule has 0 unspecified atom stereocenters. The molecule has 0 atom stereocenters. The highest BCUT2D eigenvalue weighted by Gasteiger charge is 2.16. The quantitative estimate of drug-likeness (QED) is 0.250. The van der Waals surface area contributed by atoms with E-state index in [0.29, 0.717) is 0 Å². The molecule has 5 aromatic carbocycles. The van der Waals surface area contributed by atoms with Crippen LogP contribution in [0, 0.1) is 6.92 Å². The van der Waals surface area contributed by atoms with Crippen molar-refractivity contribution in [1.82, 2.24) is 4.57 Å². The summed E-state index contributed by atoms with van der Waals surface area (Å²) in [6.07, 6.45) is 6.27. The Kier molecular flexibility index (Phi) is 4.45. The largest absolute Gasteiger partial charge is 0.309 e. The third kappa shape index (κ3) is 2.86. The van der Waals surface area contributed by atoms with E-state index in [0.717, 1.165) is 11.4 Å². The van der Waals surface area contributed by atoms with Crippen molar-refractivity contribution in [2.45, 2.75) is 13.8 Å². The Balaban J connectivity index is 1.77. The number of benzene rings is 5. The van der Waals surface area contributed by atoms with Crippen LogP contribution < -0.4 is 0 Å². The predicted molar refractivity (Wildman–Crippen MR) is 145 cm³/mol. The van der Waals surface area contributed by atoms with Gasteiger partial charge in [-0.3, -0.25) is 0 Å². The van der Waals surface area contributed by atoms with Crippen LogP contribution in [0.2, 0.25) is 0 Å². The number of rotatable bonds is 3. The van der Waals surface area contributed by atoms with Crippen LogP contribution >= 0.6 is 0 Å². The van der Waals surface area contributed by atoms with Gasteiger partial charge in [0.05, 0.1) is 11.2 Å². The zero-order valence-electron chi connectivity index (χ0n) is 19.0. The van der Waals surface area contributed by atoms with Crippen molar-refractivity contribution in [3.63, 3.8) is 0 Å². The van der Waals surface area contributed by atoms with E-state index in [1.54, 1.807) is 0 Å². The zero-order chi connectivity index (χ0) is 22.5. The molecule has 1 heterocycles. The molecule has 1 heteroatoms. The van der Waals surface area contributed by atoms with E-state index in [1.165, 1.54) is 54.3 Å². The van der Waals surface area contributed by atoms with Gasteiger partial charge < -0.3 is 4.57 Å². The summed E-state index contributed by atoms with van der Waals surface area (Å²) in [5, 5.41) is 8.99. The van der Waals surface area contributed by atoms with Crippen LogP contribution in [-0.4, -0.2) is 4.57 Å². The van der Waals surface area contributed by atoms with E-state index in [-0.39, 0.29) is 0 Å². The van der Waals surface area contributed by atoms with Gasteiger partial charge in [-0.05, 0) is 76.0 Å². The van der Waals surface area contributed by atoms with Gasteiger partial charge in [-0.25, -0.2) is 0 Å². The minimum absolute atomic E-state index is 1.12. The summed E-state index contributed by atoms with van der Waals surface area (Å²) in [5.41, 5.74) is 5.96. The first-order valence-electron chi connectivity index (χ1n) is 11.4. The van der Waals surface area contributed by atoms with Gasteiger partial charge in [0.15, 0.2) is 0 Å². The van der Waals surface area contributed by atoms with Gasteiger partial charge in [0.25, 0.3) is 0 Å². The molecule has 1 nitrogen and oxygen atoms in total. The molecular weight excluding hydrogens is 398 g/mol. The third-order valence-corrected chi connectivity index (χ3v) is 6.71. The second kappa shape index (κ2) is 7.50. The van der Waals surface area contributed by atoms with Crippen molar-refractivity contribution in [3.05, 3.63) is 114 Å². The van der Waals surface area contributed by atoms with Gasteiger partial charge in [0.1, 0.15) is 0 Å². The average molecular weight is 424 g/mol. The third-order valence-electron chi connectivity index (χ3n) is 6.71. The number of hydrogen-bond acceptors (Lipinski definition) is 0. The second-order valence-electron chi connectivity index (χ2n) is 8.68. The van der Waals surface area contributed by atoms with Crippen LogP contribution in [0.4, 0.5) is 0 Å². The number of allylic oxidation sites excluding steroid dienone is 1. The Morgan fingerprint density at radius 3 is 1.85 bits per heavy atom. The van der Waals surface area contributed by atoms with Gasteiger partial charge in [0.2, 0.25) is 0 Å². The van der Waals surface area contributed by atoms with Crippen molar-refractivity contribution in [1.29, 1.82) is 0 Å². The molecule has 158 valence electrons. The number of fused-ring (bicyclic) bond motifs is 7. The van der Waals surface area contributed by atoms with Crippen LogP contribution in [0.15, 0.2) is 97.6 Å². The van der Waals surface area contributed by atoms with Gasteiger partial charge in [-0.1, -0.05) is 85.5 Å². The number of aryl methyl sites for hydroxylation is 1. The van der Waals surface area contributed by atoms with Crippen LogP contribution in [0.5, 0.6) is 0 Å². The Labute approximate surface area is 193 Å². The Morgan fingerprint density at radius 2 is 1.24 bits per heavy atom. The molecule has 0 aliphatic heterocycles. The number of aromatic nitrogens is 1. The molecule has 33 heavy (non-hydrogen) atoms. The fraction of sp³-hybridized carbons (Fsp3) is 0.0625. The van der Waals surface area contributed by atoms with Crippen molar-refractivity contribution in [2.75, 3.05) is 0 Å². The Morgan fingerprint density at radius 1 is 0.667 bits per heavy atom. The lowest BCUT2D eigenvalue weighted by Crippen LogP contribution is -1.97. The summed E-state index contributed by atoms with van der Waals surface area (Å²) in [6, 6.07) is 31.0. The standard InChI is InChI=1S/C32H25N/c1-4-10-28-29-17-15-21(3)19-32(29)33(31(28)5-2)22-16-18-27-25-13-7-6-11-23(25)24-12-8-9-14-26(24)30(27)20-22/h4-20H,2H2,1,3H3/b10-4-. The maximum atomic E-state index is 4.18. The Hall–Kier alpha value is -4.10. The van der Waals surface area contributed by atoms with Crippen LogP contribution in [-0.2, 0) is 0 Å². The van der Waals surface area contributed by atoms with Crippen molar-refractivity contribution in [2.24, 2.45) is 0 Å². The van der Waals surface area contributed by atoms with E-state index >= 15 is 0 Å². The molecule has 0 aliphatic rings. The molecule has 6 rings (SSSR count). The predicted octanol–water partition coefficient (Wildman–Crippen LogP) is 9.07. The summed E-state index contributed by atoms with van der Waals surface area (Å²) < 4.78 is 2.36. The second-order valence-corrected chi connectivity index (χ2v) is 8.68. The zero-order valence-corrected chi connectivity index (χ0v) is 19.0. The molecule has 0 aliphatic carbocycles. The average Bonchev–Trinajstić information content (AvgIpc) is 3.16. The molecule has 0 saturated carbocycles. The molecule has 0 bridgehead atoms. The molecular formula is C32H25N. The summed E-state index contributed by atoms with van der Waals surface area (Å²) in [7, 11) is 0. The molecule has 0 N–H and O–H groups in total. The maximum Gasteiger partial charge on any atom is 0.0543 e. The summed E-state index contributed by atoms with van der Waals surface area (Å²) >= 11 is 0. The van der Waals surface area contributed by atoms with Crippen molar-refractivity contribution < 1.29 is 0 Å². The molecule has 0 fully saturated rings. The van der Waals surface area contributed by atoms with Crippen molar-refractivity contribution >= 4 is 55.4 Å². The lowest BCUT2D eigenvalue weighted by molar-refractivity contribution is 1.11. The lowest BCUT2D eigenvalue weighted by atomic mass is 9.94. The van der Waals surface area contributed by atoms with E-state index in [9.17, 15) is 0 Å². The van der Waals surface area contributed by atoms with Crippen LogP contribution in [0.25, 0.3) is 61.1 Å². The number of hydrogen-bond donors (Lipinski definition) is 0. The highest BCUT2D eigenvalue weighted by Crippen LogP contribution is 2.38. The smallest absolute Gasteiger partial charge is 0.0543 e. The highest BCUT2D eigenvalue weighted by atomic mass is 15.0. The fourth-order valence-electron chi connectivity index (χ4n) is 5.30. The van der Waals surface area contributed by atoms with Crippen LogP contribution in [0.1, 0.15) is 23.7 Å². The Bertz CT molecular complexity index is 1710. The molecule has 1 aromatic heterocycles. The monoisotopic (exact) mass is 423 g/mol. The first-order chi connectivity index (χ1) is 16.2. The van der Waals surface area contributed by atoms with E-state index in [4.69, 9.17) is 0 Å². The molecule has 0 spiro atoms. The molecule has 0 amide bonds. The normalized spacial score (nSPS) is 11.9. The minimum Gasteiger partial charge on any atom is -0.309 e. The van der Waals surface area contributed by atoms with Gasteiger partial charge in [-0.2, -0.15) is 0 Å². The summed E-state index contributed by atoms with van der Waals surface area (Å²) in [6.45, 7) is 8.40. The summed E-state index contributed by atoms with van der Waals surface area (Å²) in [5.74, 6) is 0. The highest BCUT2D eigenvalue weighted by molar-refractivity contribution is 6.25. The van der Waals surface area contributed by atoms with Gasteiger partial charge in [0, 0.05) is 16.6 Å². The first-order valence-corrected chi connectivity index (χ1v) is 11.4. The first kappa shape index (κ1) is 19.6. The number of nitrogens with zero attached hydrogens (tertiary/aromatic N) is 1. The molecule has 6 aromatic rings. The lowest BCUT2D eigenvalue weighted by Gasteiger charge is -2.14. The molecule has 0 radical (unpaired) electrons. The maximum absolute atomic E-state index is 4.18. The summed E-state index contributed by atoms with van der Waals surface area (Å²) in [4.78, 5) is 0. The van der Waals surface area contributed by atoms with Crippen LogP contribution in [0.3, 0.4) is 0 Å². The van der Waals surface area contributed by atoms with E-state index in [2.05, 4.69) is 122 Å². The minimum atomic E-state index is 1.12. The van der Waals surface area contributed by atoms with E-state index < -0.39 is 0 Å². The topological polar surface area (TPSA) is 4.93 Å². The van der Waals surface area contributed by atoms with Gasteiger partial charge >= 0.3 is 0 Å². The SMILES string of the molecule is C=Cc1c(/C=C\C)c2ccc(C)cc2n1-c1ccc2c3ccccc3c3ccccc3c2c1. The fourth-order valence-corrected chi connectivity index (χ4v) is 5.30.